The Kier molecular flexibility index (Phi) is 1.82. The Hall–Kier alpha value is -1.68. The van der Waals surface area contributed by atoms with Crippen LogP contribution in [0.3, 0.4) is 0 Å². The second kappa shape index (κ2) is 3.17. The van der Waals surface area contributed by atoms with Crippen molar-refractivity contribution in [2.75, 3.05) is 4.72 Å². The van der Waals surface area contributed by atoms with Crippen molar-refractivity contribution in [1.82, 2.24) is 4.98 Å². The zero-order valence-corrected chi connectivity index (χ0v) is 8.62. The largest absolute Gasteiger partial charge is 0.301 e. The van der Waals surface area contributed by atoms with Gasteiger partial charge in [0.1, 0.15) is 11.0 Å². The van der Waals surface area contributed by atoms with E-state index in [4.69, 9.17) is 0 Å². The predicted molar refractivity (Wildman–Crippen MR) is 62.5 cm³/mol. The van der Waals surface area contributed by atoms with Gasteiger partial charge in [0.25, 0.3) is 0 Å². The van der Waals surface area contributed by atoms with Crippen LogP contribution in [0, 0.1) is 0 Å². The Morgan fingerprint density at radius 3 is 3.13 bits per heavy atom. The van der Waals surface area contributed by atoms with Gasteiger partial charge in [0.2, 0.25) is 0 Å². The van der Waals surface area contributed by atoms with Gasteiger partial charge >= 0.3 is 0 Å². The van der Waals surface area contributed by atoms with Crippen LogP contribution in [0.5, 0.6) is 0 Å². The minimum absolute atomic E-state index is 0.899. The first-order valence-electron chi connectivity index (χ1n) is 4.57. The van der Waals surface area contributed by atoms with E-state index in [-0.39, 0.29) is 0 Å². The molecule has 2 heterocycles. The van der Waals surface area contributed by atoms with Crippen LogP contribution >= 0.6 is 0 Å². The van der Waals surface area contributed by atoms with Crippen LogP contribution < -0.4 is 4.72 Å². The maximum Gasteiger partial charge on any atom is 0.142 e. The van der Waals surface area contributed by atoms with E-state index >= 15 is 0 Å². The van der Waals surface area contributed by atoms with Crippen molar-refractivity contribution in [2.24, 2.45) is 0 Å². The molecule has 0 saturated carbocycles. The van der Waals surface area contributed by atoms with Gasteiger partial charge < -0.3 is 4.72 Å². The van der Waals surface area contributed by atoms with Crippen molar-refractivity contribution in [3.8, 4) is 0 Å². The molecule has 74 valence electrons. The third kappa shape index (κ3) is 1.34. The zero-order valence-electron chi connectivity index (χ0n) is 7.81. The Balaban J connectivity index is 2.37. The van der Waals surface area contributed by atoms with Crippen molar-refractivity contribution >= 4 is 33.5 Å². The summed E-state index contributed by atoms with van der Waals surface area (Å²) in [4.78, 5) is 4.10. The van der Waals surface area contributed by atoms with E-state index in [0.717, 1.165) is 22.0 Å². The molecule has 1 aromatic heterocycles. The third-order valence-corrected chi connectivity index (χ3v) is 3.24. The molecule has 0 bridgehead atoms. The average Bonchev–Trinajstić information content (AvgIpc) is 2.28. The first-order valence-corrected chi connectivity index (χ1v) is 5.78. The highest BCUT2D eigenvalue weighted by Gasteiger charge is 2.10. The SMILES string of the molecule is O=S1C=Cc2c(ccc3ccncc23)N1. The Labute approximate surface area is 89.4 Å². The van der Waals surface area contributed by atoms with Gasteiger partial charge in [-0.3, -0.25) is 4.98 Å². The smallest absolute Gasteiger partial charge is 0.142 e. The molecule has 1 aliphatic heterocycles. The average molecular weight is 216 g/mol. The Morgan fingerprint density at radius 1 is 1.27 bits per heavy atom. The van der Waals surface area contributed by atoms with Crippen LogP contribution in [0.1, 0.15) is 5.56 Å². The maximum absolute atomic E-state index is 11.3. The Bertz CT molecular complexity index is 592. The van der Waals surface area contributed by atoms with E-state index in [1.807, 2.05) is 30.5 Å². The van der Waals surface area contributed by atoms with Gasteiger partial charge in [-0.25, -0.2) is 4.21 Å². The molecule has 4 heteroatoms. The third-order valence-electron chi connectivity index (χ3n) is 2.43. The molecule has 2 aromatic rings. The lowest BCUT2D eigenvalue weighted by atomic mass is 10.1. The van der Waals surface area contributed by atoms with Gasteiger partial charge in [-0.15, -0.1) is 0 Å². The van der Waals surface area contributed by atoms with E-state index < -0.39 is 11.0 Å². The highest BCUT2D eigenvalue weighted by Crippen LogP contribution is 2.29. The van der Waals surface area contributed by atoms with Crippen molar-refractivity contribution in [2.45, 2.75) is 0 Å². The first-order chi connectivity index (χ1) is 7.34. The second-order valence-corrected chi connectivity index (χ2v) is 4.40. The number of rotatable bonds is 0. The quantitative estimate of drug-likeness (QED) is 0.734. The maximum atomic E-state index is 11.3. The number of nitrogens with one attached hydrogen (secondary N) is 1. The van der Waals surface area contributed by atoms with Crippen LogP contribution in [0.4, 0.5) is 5.69 Å². The molecule has 1 aromatic carbocycles. The summed E-state index contributed by atoms with van der Waals surface area (Å²) in [7, 11) is -1.10. The van der Waals surface area contributed by atoms with Gasteiger partial charge in [-0.2, -0.15) is 0 Å². The highest BCUT2D eigenvalue weighted by molar-refractivity contribution is 7.89. The van der Waals surface area contributed by atoms with Gasteiger partial charge in [0.05, 0.1) is 5.69 Å². The van der Waals surface area contributed by atoms with E-state index in [1.54, 1.807) is 11.6 Å². The fraction of sp³-hybridized carbons (Fsp3) is 0. The molecule has 1 atom stereocenters. The monoisotopic (exact) mass is 216 g/mol. The summed E-state index contributed by atoms with van der Waals surface area (Å²) in [5.41, 5.74) is 1.96. The minimum atomic E-state index is -1.10. The van der Waals surface area contributed by atoms with Crippen molar-refractivity contribution in [3.63, 3.8) is 0 Å². The molecule has 0 saturated heterocycles. The number of anilines is 1. The summed E-state index contributed by atoms with van der Waals surface area (Å²) in [6.45, 7) is 0. The van der Waals surface area contributed by atoms with E-state index in [2.05, 4.69) is 9.71 Å². The van der Waals surface area contributed by atoms with Crippen LogP contribution in [0.25, 0.3) is 16.8 Å². The summed E-state index contributed by atoms with van der Waals surface area (Å²) in [6.07, 6.45) is 5.48. The number of pyridine rings is 1. The molecule has 0 aliphatic carbocycles. The number of aromatic nitrogens is 1. The molecule has 0 fully saturated rings. The predicted octanol–water partition coefficient (Wildman–Crippen LogP) is 2.29. The molecule has 3 rings (SSSR count). The number of benzene rings is 1. The normalized spacial score (nSPS) is 18.5. The van der Waals surface area contributed by atoms with Crippen LogP contribution in [0.2, 0.25) is 0 Å². The summed E-state index contributed by atoms with van der Waals surface area (Å²) >= 11 is 0. The molecule has 0 amide bonds. The van der Waals surface area contributed by atoms with Gasteiger partial charge in [0, 0.05) is 28.8 Å². The van der Waals surface area contributed by atoms with Crippen LogP contribution in [-0.4, -0.2) is 9.19 Å². The Morgan fingerprint density at radius 2 is 2.20 bits per heavy atom. The zero-order chi connectivity index (χ0) is 10.3. The molecule has 3 nitrogen and oxygen atoms in total. The number of nitrogens with zero attached hydrogens (tertiary/aromatic N) is 1. The lowest BCUT2D eigenvalue weighted by Gasteiger charge is -2.13. The summed E-state index contributed by atoms with van der Waals surface area (Å²) in [5.74, 6) is 0. The molecule has 1 unspecified atom stereocenters. The van der Waals surface area contributed by atoms with E-state index in [9.17, 15) is 4.21 Å². The van der Waals surface area contributed by atoms with Gasteiger partial charge in [-0.1, -0.05) is 6.07 Å². The second-order valence-electron chi connectivity index (χ2n) is 3.33. The van der Waals surface area contributed by atoms with Crippen LogP contribution in [0.15, 0.2) is 36.0 Å². The standard InChI is InChI=1S/C11H8N2OS/c14-15-6-4-9-10-7-12-5-3-8(10)1-2-11(9)13-15/h1-7,13H. The molecular formula is C11H8N2OS. The lowest BCUT2D eigenvalue weighted by molar-refractivity contribution is 0.691. The fourth-order valence-electron chi connectivity index (χ4n) is 1.72. The van der Waals surface area contributed by atoms with Gasteiger partial charge in [-0.05, 0) is 23.6 Å². The van der Waals surface area contributed by atoms with E-state index in [0.29, 0.717) is 0 Å². The lowest BCUT2D eigenvalue weighted by Crippen LogP contribution is -2.06. The first kappa shape index (κ1) is 8.61. The number of hydrogen-bond donors (Lipinski definition) is 1. The molecule has 1 N–H and O–H groups in total. The summed E-state index contributed by atoms with van der Waals surface area (Å²) in [5, 5.41) is 3.87. The van der Waals surface area contributed by atoms with Crippen LogP contribution in [-0.2, 0) is 11.0 Å². The number of hydrogen-bond acceptors (Lipinski definition) is 2. The number of fused-ring (bicyclic) bond motifs is 3. The van der Waals surface area contributed by atoms with Crippen molar-refractivity contribution in [1.29, 1.82) is 0 Å². The summed E-state index contributed by atoms with van der Waals surface area (Å²) in [6, 6.07) is 5.91. The molecule has 15 heavy (non-hydrogen) atoms. The van der Waals surface area contributed by atoms with Crippen molar-refractivity contribution < 1.29 is 4.21 Å². The molecule has 0 radical (unpaired) electrons. The fourth-order valence-corrected chi connectivity index (χ4v) is 2.45. The highest BCUT2D eigenvalue weighted by atomic mass is 32.2. The van der Waals surface area contributed by atoms with Crippen molar-refractivity contribution in [3.05, 3.63) is 41.6 Å². The molecule has 1 aliphatic rings. The molecular weight excluding hydrogens is 208 g/mol. The van der Waals surface area contributed by atoms with Gasteiger partial charge in [0.15, 0.2) is 0 Å². The minimum Gasteiger partial charge on any atom is -0.301 e. The summed E-state index contributed by atoms with van der Waals surface area (Å²) < 4.78 is 14.2. The molecule has 0 spiro atoms. The topological polar surface area (TPSA) is 42.0 Å². The van der Waals surface area contributed by atoms with E-state index in [1.165, 1.54) is 0 Å².